The van der Waals surface area contributed by atoms with E-state index < -0.39 is 20.9 Å². The van der Waals surface area contributed by atoms with E-state index in [1.54, 1.807) is 26.0 Å². The number of benzene rings is 2. The van der Waals surface area contributed by atoms with Crippen LogP contribution in [0.3, 0.4) is 0 Å². The molecule has 0 radical (unpaired) electrons. The second kappa shape index (κ2) is 7.56. The Kier molecular flexibility index (Phi) is 5.88. The van der Waals surface area contributed by atoms with E-state index in [2.05, 4.69) is 13.8 Å². The van der Waals surface area contributed by atoms with Crippen molar-refractivity contribution in [1.82, 2.24) is 0 Å². The summed E-state index contributed by atoms with van der Waals surface area (Å²) in [7, 11) is -2.06. The molecule has 0 bridgehead atoms. The van der Waals surface area contributed by atoms with E-state index in [0.717, 1.165) is 12.0 Å². The third-order valence-electron chi connectivity index (χ3n) is 4.08. The number of hydrogen-bond donors (Lipinski definition) is 0. The molecule has 0 aliphatic carbocycles. The molecule has 2 aromatic rings. The van der Waals surface area contributed by atoms with E-state index in [1.807, 2.05) is 6.07 Å². The smallest absolute Gasteiger partial charge is 0.181 e. The lowest BCUT2D eigenvalue weighted by molar-refractivity contribution is 0.414. The molecule has 0 atom stereocenters. The zero-order valence-corrected chi connectivity index (χ0v) is 16.2. The first-order valence-corrected chi connectivity index (χ1v) is 9.92. The topological polar surface area (TPSA) is 43.4 Å². The highest BCUT2D eigenvalue weighted by Gasteiger charge is 2.25. The van der Waals surface area contributed by atoms with Gasteiger partial charge in [-0.05, 0) is 56.0 Å². The average molecular weight is 364 g/mol. The van der Waals surface area contributed by atoms with Gasteiger partial charge in [-0.2, -0.15) is 0 Å². The Hall–Kier alpha value is -1.88. The molecule has 0 saturated carbocycles. The zero-order valence-electron chi connectivity index (χ0n) is 15.3. The number of ether oxygens (including phenoxy) is 1. The van der Waals surface area contributed by atoms with E-state index in [1.165, 1.54) is 25.3 Å². The molecule has 136 valence electrons. The van der Waals surface area contributed by atoms with Gasteiger partial charge in [-0.25, -0.2) is 12.8 Å². The summed E-state index contributed by atoms with van der Waals surface area (Å²) in [5, 5.41) is -0.589. The van der Waals surface area contributed by atoms with Crippen molar-refractivity contribution in [2.24, 2.45) is 5.92 Å². The lowest BCUT2D eigenvalue weighted by Crippen LogP contribution is -2.16. The molecule has 0 aromatic heterocycles. The highest BCUT2D eigenvalue weighted by atomic mass is 32.2. The first-order chi connectivity index (χ1) is 11.7. The molecule has 2 aromatic carbocycles. The van der Waals surface area contributed by atoms with Crippen LogP contribution >= 0.6 is 0 Å². The molecule has 0 aliphatic heterocycles. The molecule has 0 fully saturated rings. The van der Waals surface area contributed by atoms with Gasteiger partial charge in [0.2, 0.25) is 0 Å². The minimum absolute atomic E-state index is 0.174. The minimum atomic E-state index is -3.56. The summed E-state index contributed by atoms with van der Waals surface area (Å²) in [6.45, 7) is 7.42. The Morgan fingerprint density at radius 2 is 1.68 bits per heavy atom. The van der Waals surface area contributed by atoms with Crippen molar-refractivity contribution in [3.05, 3.63) is 47.8 Å². The molecule has 0 heterocycles. The van der Waals surface area contributed by atoms with E-state index in [4.69, 9.17) is 4.74 Å². The Morgan fingerprint density at radius 1 is 1.00 bits per heavy atom. The van der Waals surface area contributed by atoms with Crippen LogP contribution in [0, 0.1) is 11.7 Å². The van der Waals surface area contributed by atoms with Gasteiger partial charge in [-0.3, -0.25) is 0 Å². The Labute approximate surface area is 149 Å². The maximum Gasteiger partial charge on any atom is 0.181 e. The van der Waals surface area contributed by atoms with Crippen molar-refractivity contribution in [2.75, 3.05) is 7.11 Å². The average Bonchev–Trinajstić information content (AvgIpc) is 2.54. The molecule has 0 unspecified atom stereocenters. The fourth-order valence-corrected chi connectivity index (χ4v) is 4.02. The standard InChI is InChI=1S/C20H25FO3S/c1-13(2)10-15-6-8-17(20(11-15)25(22,23)14(3)4)18-12-16(24-5)7-9-19(18)21/h6-9,11-14H,10H2,1-5H3. The maximum absolute atomic E-state index is 14.4. The lowest BCUT2D eigenvalue weighted by Gasteiger charge is -2.16. The molecule has 2 rings (SSSR count). The summed E-state index contributed by atoms with van der Waals surface area (Å²) in [6, 6.07) is 9.60. The number of sulfone groups is 1. The molecular weight excluding hydrogens is 339 g/mol. The van der Waals surface area contributed by atoms with Crippen LogP contribution in [0.2, 0.25) is 0 Å². The molecule has 0 N–H and O–H groups in total. The monoisotopic (exact) mass is 364 g/mol. The quantitative estimate of drug-likeness (QED) is 0.733. The third kappa shape index (κ3) is 4.21. The summed E-state index contributed by atoms with van der Waals surface area (Å²) in [5.41, 5.74) is 1.54. The molecule has 0 aliphatic rings. The fourth-order valence-electron chi connectivity index (χ4n) is 2.71. The van der Waals surface area contributed by atoms with Gasteiger partial charge < -0.3 is 4.74 Å². The van der Waals surface area contributed by atoms with Crippen LogP contribution in [0.15, 0.2) is 41.3 Å². The number of hydrogen-bond acceptors (Lipinski definition) is 3. The molecule has 0 amide bonds. The summed E-state index contributed by atoms with van der Waals surface area (Å²) in [4.78, 5) is 0.174. The van der Waals surface area contributed by atoms with Gasteiger partial charge in [-0.15, -0.1) is 0 Å². The van der Waals surface area contributed by atoms with Crippen LogP contribution in [0.1, 0.15) is 33.3 Å². The number of halogens is 1. The first-order valence-electron chi connectivity index (χ1n) is 8.37. The van der Waals surface area contributed by atoms with Gasteiger partial charge >= 0.3 is 0 Å². The van der Waals surface area contributed by atoms with Crippen molar-refractivity contribution >= 4 is 9.84 Å². The van der Waals surface area contributed by atoms with Gasteiger partial charge in [-0.1, -0.05) is 26.0 Å². The van der Waals surface area contributed by atoms with Crippen LogP contribution in [0.5, 0.6) is 5.75 Å². The van der Waals surface area contributed by atoms with E-state index in [-0.39, 0.29) is 10.5 Å². The first kappa shape index (κ1) is 19.4. The van der Waals surface area contributed by atoms with E-state index >= 15 is 0 Å². The third-order valence-corrected chi connectivity index (χ3v) is 6.27. The summed E-state index contributed by atoms with van der Waals surface area (Å²) in [5.74, 6) is 0.405. The van der Waals surface area contributed by atoms with Gasteiger partial charge in [0.25, 0.3) is 0 Å². The van der Waals surface area contributed by atoms with Crippen molar-refractivity contribution in [3.8, 4) is 16.9 Å². The van der Waals surface area contributed by atoms with Gasteiger partial charge in [0.05, 0.1) is 17.3 Å². The zero-order chi connectivity index (χ0) is 18.8. The molecule has 3 nitrogen and oxygen atoms in total. The van der Waals surface area contributed by atoms with Crippen molar-refractivity contribution in [1.29, 1.82) is 0 Å². The molecule has 25 heavy (non-hydrogen) atoms. The van der Waals surface area contributed by atoms with Gasteiger partial charge in [0.1, 0.15) is 11.6 Å². The predicted molar refractivity (Wildman–Crippen MR) is 99.3 cm³/mol. The normalized spacial score (nSPS) is 12.0. The predicted octanol–water partition coefficient (Wildman–Crippen LogP) is 4.88. The van der Waals surface area contributed by atoms with Gasteiger partial charge in [0.15, 0.2) is 9.84 Å². The van der Waals surface area contributed by atoms with E-state index in [9.17, 15) is 12.8 Å². The van der Waals surface area contributed by atoms with Crippen LogP contribution in [-0.2, 0) is 16.3 Å². The molecular formula is C20H25FO3S. The van der Waals surface area contributed by atoms with Gasteiger partial charge in [0, 0.05) is 11.1 Å². The molecule has 0 saturated heterocycles. The van der Waals surface area contributed by atoms with Crippen molar-refractivity contribution < 1.29 is 17.5 Å². The highest BCUT2D eigenvalue weighted by molar-refractivity contribution is 7.92. The lowest BCUT2D eigenvalue weighted by atomic mass is 9.98. The summed E-state index contributed by atoms with van der Waals surface area (Å²) < 4.78 is 45.3. The number of methoxy groups -OCH3 is 1. The maximum atomic E-state index is 14.4. The second-order valence-corrected chi connectivity index (χ2v) is 9.34. The van der Waals surface area contributed by atoms with Crippen molar-refractivity contribution in [2.45, 2.75) is 44.3 Å². The van der Waals surface area contributed by atoms with Crippen molar-refractivity contribution in [3.63, 3.8) is 0 Å². The Balaban J connectivity index is 2.73. The summed E-state index contributed by atoms with van der Waals surface area (Å²) in [6.07, 6.45) is 0.765. The number of rotatable bonds is 6. The van der Waals surface area contributed by atoms with Crippen LogP contribution in [0.4, 0.5) is 4.39 Å². The SMILES string of the molecule is COc1ccc(F)c(-c2ccc(CC(C)C)cc2S(=O)(=O)C(C)C)c1. The summed E-state index contributed by atoms with van der Waals surface area (Å²) >= 11 is 0. The Morgan fingerprint density at radius 3 is 2.24 bits per heavy atom. The largest absolute Gasteiger partial charge is 0.497 e. The second-order valence-electron chi connectivity index (χ2n) is 6.87. The van der Waals surface area contributed by atoms with E-state index in [0.29, 0.717) is 17.2 Å². The van der Waals surface area contributed by atoms with Crippen LogP contribution in [-0.4, -0.2) is 20.8 Å². The Bertz CT molecular complexity index is 855. The van der Waals surface area contributed by atoms with Crippen LogP contribution in [0.25, 0.3) is 11.1 Å². The van der Waals surface area contributed by atoms with Crippen LogP contribution < -0.4 is 4.74 Å². The highest BCUT2D eigenvalue weighted by Crippen LogP contribution is 2.34. The minimum Gasteiger partial charge on any atom is -0.497 e. The molecule has 0 spiro atoms. The fraction of sp³-hybridized carbons (Fsp3) is 0.400. The molecule has 5 heteroatoms.